The van der Waals surface area contributed by atoms with Crippen molar-refractivity contribution in [3.8, 4) is 17.9 Å². The molecule has 20 heavy (non-hydrogen) atoms. The Morgan fingerprint density at radius 3 is 2.60 bits per heavy atom. The van der Waals surface area contributed by atoms with Crippen LogP contribution < -0.4 is 10.1 Å². The lowest BCUT2D eigenvalue weighted by Gasteiger charge is -2.03. The van der Waals surface area contributed by atoms with Crippen molar-refractivity contribution in [2.24, 2.45) is 0 Å². The molecule has 0 saturated carbocycles. The molecule has 0 aliphatic carbocycles. The van der Waals surface area contributed by atoms with Crippen LogP contribution in [-0.4, -0.2) is 19.1 Å². The van der Waals surface area contributed by atoms with Gasteiger partial charge < -0.3 is 10.1 Å². The van der Waals surface area contributed by atoms with Gasteiger partial charge in [0.1, 0.15) is 23.5 Å². The minimum absolute atomic E-state index is 0.0116. The molecule has 0 fully saturated rings. The third-order valence-corrected chi connectivity index (χ3v) is 2.27. The van der Waals surface area contributed by atoms with E-state index in [1.165, 1.54) is 12.2 Å². The normalized spacial score (nSPS) is 10.0. The molecule has 0 radical (unpaired) electrons. The first-order chi connectivity index (χ1) is 9.71. The lowest BCUT2D eigenvalue weighted by Crippen LogP contribution is -2.24. The van der Waals surface area contributed by atoms with Gasteiger partial charge in [-0.25, -0.2) is 0 Å². The Labute approximate surface area is 117 Å². The SMILES string of the molecule is C=CCNC(=O)/C(C#N)=C/c1ccc(OCC#N)cc1. The molecule has 1 rings (SSSR count). The number of nitrogens with zero attached hydrogens (tertiary/aromatic N) is 2. The zero-order chi connectivity index (χ0) is 14.8. The van der Waals surface area contributed by atoms with Gasteiger partial charge in [0.05, 0.1) is 0 Å². The number of carbonyl (C=O) groups excluding carboxylic acids is 1. The van der Waals surface area contributed by atoms with E-state index in [2.05, 4.69) is 11.9 Å². The summed E-state index contributed by atoms with van der Waals surface area (Å²) in [7, 11) is 0. The largest absolute Gasteiger partial charge is 0.479 e. The summed E-state index contributed by atoms with van der Waals surface area (Å²) >= 11 is 0. The van der Waals surface area contributed by atoms with Crippen LogP contribution in [0.2, 0.25) is 0 Å². The van der Waals surface area contributed by atoms with Crippen LogP contribution >= 0.6 is 0 Å². The summed E-state index contributed by atoms with van der Waals surface area (Å²) in [4.78, 5) is 11.6. The summed E-state index contributed by atoms with van der Waals surface area (Å²) in [5.41, 5.74) is 0.706. The first-order valence-electron chi connectivity index (χ1n) is 5.82. The number of amides is 1. The van der Waals surface area contributed by atoms with E-state index in [4.69, 9.17) is 15.3 Å². The van der Waals surface area contributed by atoms with Gasteiger partial charge >= 0.3 is 0 Å². The van der Waals surface area contributed by atoms with Gasteiger partial charge in [-0.3, -0.25) is 4.79 Å². The van der Waals surface area contributed by atoms with Crippen LogP contribution in [0.25, 0.3) is 6.08 Å². The van der Waals surface area contributed by atoms with Crippen LogP contribution in [0.15, 0.2) is 42.5 Å². The number of carbonyl (C=O) groups is 1. The standard InChI is InChI=1S/C15H13N3O2/c1-2-8-18-15(19)13(11-17)10-12-3-5-14(6-4-12)20-9-7-16/h2-6,10H,1,8-9H2,(H,18,19)/b13-10+. The molecule has 5 heteroatoms. The van der Waals surface area contributed by atoms with Crippen molar-refractivity contribution in [3.63, 3.8) is 0 Å². The molecule has 5 nitrogen and oxygen atoms in total. The quantitative estimate of drug-likeness (QED) is 0.483. The molecule has 1 aromatic carbocycles. The highest BCUT2D eigenvalue weighted by molar-refractivity contribution is 6.01. The molecule has 0 heterocycles. The van der Waals surface area contributed by atoms with Crippen LogP contribution in [0.1, 0.15) is 5.56 Å². The van der Waals surface area contributed by atoms with E-state index in [-0.39, 0.29) is 12.2 Å². The lowest BCUT2D eigenvalue weighted by molar-refractivity contribution is -0.116. The van der Waals surface area contributed by atoms with Crippen LogP contribution in [0, 0.1) is 22.7 Å². The summed E-state index contributed by atoms with van der Waals surface area (Å²) in [6.07, 6.45) is 3.01. The van der Waals surface area contributed by atoms with Crippen LogP contribution in [0.3, 0.4) is 0 Å². The molecular weight excluding hydrogens is 254 g/mol. The van der Waals surface area contributed by atoms with E-state index in [1.54, 1.807) is 24.3 Å². The number of rotatable bonds is 6. The summed E-state index contributed by atoms with van der Waals surface area (Å²) in [5, 5.41) is 19.9. The maximum atomic E-state index is 11.6. The molecule has 1 N–H and O–H groups in total. The van der Waals surface area contributed by atoms with Crippen molar-refractivity contribution in [3.05, 3.63) is 48.1 Å². The minimum Gasteiger partial charge on any atom is -0.479 e. The summed E-state index contributed by atoms with van der Waals surface area (Å²) in [6.45, 7) is 3.76. The van der Waals surface area contributed by atoms with Crippen molar-refractivity contribution >= 4 is 12.0 Å². The van der Waals surface area contributed by atoms with E-state index in [1.807, 2.05) is 12.1 Å². The van der Waals surface area contributed by atoms with Crippen molar-refractivity contribution in [1.29, 1.82) is 10.5 Å². The summed E-state index contributed by atoms with van der Waals surface area (Å²) in [5.74, 6) is 0.107. The minimum atomic E-state index is -0.447. The number of hydrogen-bond donors (Lipinski definition) is 1. The Morgan fingerprint density at radius 1 is 1.35 bits per heavy atom. The van der Waals surface area contributed by atoms with E-state index >= 15 is 0 Å². The van der Waals surface area contributed by atoms with Gasteiger partial charge in [0.25, 0.3) is 5.91 Å². The van der Waals surface area contributed by atoms with Crippen molar-refractivity contribution < 1.29 is 9.53 Å². The Hall–Kier alpha value is -3.05. The second kappa shape index (κ2) is 8.12. The van der Waals surface area contributed by atoms with Gasteiger partial charge in [-0.1, -0.05) is 18.2 Å². The molecule has 0 aromatic heterocycles. The molecule has 0 aliphatic rings. The zero-order valence-electron chi connectivity index (χ0n) is 10.8. The van der Waals surface area contributed by atoms with Gasteiger partial charge in [0, 0.05) is 6.54 Å². The average Bonchev–Trinajstić information content (AvgIpc) is 2.49. The van der Waals surface area contributed by atoms with Gasteiger partial charge in [0.15, 0.2) is 6.61 Å². The van der Waals surface area contributed by atoms with Gasteiger partial charge in [0.2, 0.25) is 0 Å². The second-order valence-electron chi connectivity index (χ2n) is 3.68. The molecule has 1 amide bonds. The zero-order valence-corrected chi connectivity index (χ0v) is 10.8. The number of benzene rings is 1. The van der Waals surface area contributed by atoms with Gasteiger partial charge in [-0.2, -0.15) is 10.5 Å². The molecule has 0 aliphatic heterocycles. The average molecular weight is 267 g/mol. The fourth-order valence-electron chi connectivity index (χ4n) is 1.35. The van der Waals surface area contributed by atoms with E-state index < -0.39 is 5.91 Å². The first-order valence-corrected chi connectivity index (χ1v) is 5.82. The van der Waals surface area contributed by atoms with E-state index in [0.717, 1.165) is 0 Å². The number of hydrogen-bond acceptors (Lipinski definition) is 4. The molecule has 1 aromatic rings. The van der Waals surface area contributed by atoms with Gasteiger partial charge in [-0.15, -0.1) is 6.58 Å². The van der Waals surface area contributed by atoms with Crippen molar-refractivity contribution in [2.75, 3.05) is 13.2 Å². The van der Waals surface area contributed by atoms with Crippen LogP contribution in [0.5, 0.6) is 5.75 Å². The van der Waals surface area contributed by atoms with Gasteiger partial charge in [-0.05, 0) is 23.8 Å². The fourth-order valence-corrected chi connectivity index (χ4v) is 1.35. The van der Waals surface area contributed by atoms with E-state index in [0.29, 0.717) is 17.9 Å². The Morgan fingerprint density at radius 2 is 2.05 bits per heavy atom. The lowest BCUT2D eigenvalue weighted by atomic mass is 10.1. The number of nitriles is 2. The Bertz CT molecular complexity index is 589. The second-order valence-corrected chi connectivity index (χ2v) is 3.68. The monoisotopic (exact) mass is 267 g/mol. The third kappa shape index (κ3) is 4.67. The molecule has 0 bridgehead atoms. The third-order valence-electron chi connectivity index (χ3n) is 2.27. The van der Waals surface area contributed by atoms with Crippen molar-refractivity contribution in [1.82, 2.24) is 5.32 Å². The van der Waals surface area contributed by atoms with Crippen molar-refractivity contribution in [2.45, 2.75) is 0 Å². The molecule has 0 unspecified atom stereocenters. The molecule has 0 saturated heterocycles. The molecule has 0 atom stereocenters. The predicted molar refractivity (Wildman–Crippen MR) is 74.3 cm³/mol. The maximum Gasteiger partial charge on any atom is 0.262 e. The molecule has 0 spiro atoms. The molecule has 100 valence electrons. The number of ether oxygens (including phenoxy) is 1. The highest BCUT2D eigenvalue weighted by atomic mass is 16.5. The Kier molecular flexibility index (Phi) is 6.10. The van der Waals surface area contributed by atoms with Crippen LogP contribution in [0.4, 0.5) is 0 Å². The topological polar surface area (TPSA) is 85.9 Å². The highest BCUT2D eigenvalue weighted by Crippen LogP contribution is 2.14. The molecular formula is C15H13N3O2. The smallest absolute Gasteiger partial charge is 0.262 e. The Balaban J connectivity index is 2.80. The van der Waals surface area contributed by atoms with E-state index in [9.17, 15) is 4.79 Å². The first kappa shape index (κ1) is 15.0. The number of nitrogens with one attached hydrogen (secondary N) is 1. The maximum absolute atomic E-state index is 11.6. The summed E-state index contributed by atoms with van der Waals surface area (Å²) < 4.78 is 5.10. The highest BCUT2D eigenvalue weighted by Gasteiger charge is 2.07. The summed E-state index contributed by atoms with van der Waals surface area (Å²) in [6, 6.07) is 10.4. The fraction of sp³-hybridized carbons (Fsp3) is 0.133. The van der Waals surface area contributed by atoms with Crippen LogP contribution in [-0.2, 0) is 4.79 Å². The predicted octanol–water partition coefficient (Wildman–Crippen LogP) is 1.80.